The third-order valence-corrected chi connectivity index (χ3v) is 3.45. The van der Waals surface area contributed by atoms with E-state index in [-0.39, 0.29) is 6.61 Å². The Morgan fingerprint density at radius 1 is 1.17 bits per heavy atom. The number of thioether (sulfide) groups is 1. The Balaban J connectivity index is 2.21. The SMILES string of the molecule is OCCCSc1cc(Cl)nc(-c2ccccc2)n1. The van der Waals surface area contributed by atoms with Gasteiger partial charge in [0.25, 0.3) is 0 Å². The van der Waals surface area contributed by atoms with E-state index >= 15 is 0 Å². The van der Waals surface area contributed by atoms with Gasteiger partial charge in [-0.05, 0) is 6.42 Å². The zero-order valence-electron chi connectivity index (χ0n) is 9.71. The Morgan fingerprint density at radius 2 is 1.94 bits per heavy atom. The number of benzene rings is 1. The number of nitrogens with zero attached hydrogens (tertiary/aromatic N) is 2. The Kier molecular flexibility index (Phi) is 4.99. The largest absolute Gasteiger partial charge is 0.396 e. The maximum absolute atomic E-state index is 8.76. The minimum Gasteiger partial charge on any atom is -0.396 e. The molecule has 0 unspecified atom stereocenters. The lowest BCUT2D eigenvalue weighted by molar-refractivity contribution is 0.296. The van der Waals surface area contributed by atoms with Crippen LogP contribution in [0.15, 0.2) is 41.4 Å². The molecule has 3 nitrogen and oxygen atoms in total. The molecule has 1 aromatic heterocycles. The fourth-order valence-electron chi connectivity index (χ4n) is 1.43. The molecule has 1 N–H and O–H groups in total. The predicted octanol–water partition coefficient (Wildman–Crippen LogP) is 3.27. The highest BCUT2D eigenvalue weighted by molar-refractivity contribution is 7.99. The lowest BCUT2D eigenvalue weighted by Gasteiger charge is -2.04. The second kappa shape index (κ2) is 6.73. The molecule has 2 aromatic rings. The molecule has 0 saturated heterocycles. The van der Waals surface area contributed by atoms with E-state index in [2.05, 4.69) is 9.97 Å². The van der Waals surface area contributed by atoms with E-state index in [9.17, 15) is 0 Å². The first-order valence-corrected chi connectivity index (χ1v) is 6.99. The summed E-state index contributed by atoms with van der Waals surface area (Å²) in [5.74, 6) is 1.45. The second-order valence-corrected chi connectivity index (χ2v) is 5.15. The van der Waals surface area contributed by atoms with E-state index in [1.54, 1.807) is 17.8 Å². The Hall–Kier alpha value is -1.10. The van der Waals surface area contributed by atoms with Crippen molar-refractivity contribution < 1.29 is 5.11 Å². The number of aromatic nitrogens is 2. The van der Waals surface area contributed by atoms with Gasteiger partial charge in [0.1, 0.15) is 10.2 Å². The first-order valence-electron chi connectivity index (χ1n) is 5.63. The van der Waals surface area contributed by atoms with Gasteiger partial charge in [-0.25, -0.2) is 9.97 Å². The number of aliphatic hydroxyl groups excluding tert-OH is 1. The van der Waals surface area contributed by atoms with Crippen molar-refractivity contribution in [2.75, 3.05) is 12.4 Å². The summed E-state index contributed by atoms with van der Waals surface area (Å²) in [5.41, 5.74) is 0.948. The van der Waals surface area contributed by atoms with Gasteiger partial charge in [0.15, 0.2) is 5.82 Å². The lowest BCUT2D eigenvalue weighted by atomic mass is 10.2. The molecule has 1 heterocycles. The second-order valence-electron chi connectivity index (χ2n) is 3.64. The lowest BCUT2D eigenvalue weighted by Crippen LogP contribution is -1.93. The van der Waals surface area contributed by atoms with Crippen LogP contribution < -0.4 is 0 Å². The molecule has 0 aliphatic carbocycles. The quantitative estimate of drug-likeness (QED) is 0.519. The molecule has 94 valence electrons. The van der Waals surface area contributed by atoms with Crippen LogP contribution in [-0.2, 0) is 0 Å². The molecule has 0 aliphatic rings. The third kappa shape index (κ3) is 3.70. The highest BCUT2D eigenvalue weighted by Gasteiger charge is 2.05. The smallest absolute Gasteiger partial charge is 0.162 e. The summed E-state index contributed by atoms with van der Waals surface area (Å²) in [6.07, 6.45) is 0.743. The molecule has 0 amide bonds. The molecular formula is C13H13ClN2OS. The molecule has 0 fully saturated rings. The van der Waals surface area contributed by atoms with Crippen molar-refractivity contribution >= 4 is 23.4 Å². The van der Waals surface area contributed by atoms with Gasteiger partial charge in [0.2, 0.25) is 0 Å². The van der Waals surface area contributed by atoms with Gasteiger partial charge in [-0.2, -0.15) is 0 Å². The van der Waals surface area contributed by atoms with E-state index in [0.29, 0.717) is 11.0 Å². The van der Waals surface area contributed by atoms with Crippen molar-refractivity contribution in [3.63, 3.8) is 0 Å². The van der Waals surface area contributed by atoms with Crippen LogP contribution in [0.5, 0.6) is 0 Å². The van der Waals surface area contributed by atoms with Crippen LogP contribution in [0, 0.1) is 0 Å². The summed E-state index contributed by atoms with van der Waals surface area (Å²) in [6, 6.07) is 11.5. The van der Waals surface area contributed by atoms with Crippen LogP contribution in [0.3, 0.4) is 0 Å². The highest BCUT2D eigenvalue weighted by atomic mass is 35.5. The van der Waals surface area contributed by atoms with Gasteiger partial charge in [-0.15, -0.1) is 11.8 Å². The standard InChI is InChI=1S/C13H13ClN2OS/c14-11-9-12(18-8-4-7-17)16-13(15-11)10-5-2-1-3-6-10/h1-3,5-6,9,17H,4,7-8H2. The summed E-state index contributed by atoms with van der Waals surface area (Å²) in [7, 11) is 0. The summed E-state index contributed by atoms with van der Waals surface area (Å²) >= 11 is 7.57. The number of halogens is 1. The first-order chi connectivity index (χ1) is 8.79. The van der Waals surface area contributed by atoms with Crippen molar-refractivity contribution in [1.82, 2.24) is 9.97 Å². The van der Waals surface area contributed by atoms with Gasteiger partial charge in [0, 0.05) is 24.0 Å². The van der Waals surface area contributed by atoms with Crippen LogP contribution in [0.1, 0.15) is 6.42 Å². The van der Waals surface area contributed by atoms with Crippen molar-refractivity contribution in [2.24, 2.45) is 0 Å². The van der Waals surface area contributed by atoms with Gasteiger partial charge in [-0.3, -0.25) is 0 Å². The topological polar surface area (TPSA) is 46.0 Å². The molecule has 0 bridgehead atoms. The molecule has 2 rings (SSSR count). The molecule has 1 aromatic carbocycles. The van der Waals surface area contributed by atoms with Crippen LogP contribution >= 0.6 is 23.4 Å². The maximum Gasteiger partial charge on any atom is 0.162 e. The van der Waals surface area contributed by atoms with Crippen molar-refractivity contribution in [2.45, 2.75) is 11.4 Å². The molecule has 0 atom stereocenters. The van der Waals surface area contributed by atoms with Gasteiger partial charge in [0.05, 0.1) is 0 Å². The first kappa shape index (κ1) is 13.3. The number of rotatable bonds is 5. The number of hydrogen-bond donors (Lipinski definition) is 1. The van der Waals surface area contributed by atoms with Gasteiger partial charge in [-0.1, -0.05) is 41.9 Å². The van der Waals surface area contributed by atoms with Crippen LogP contribution in [-0.4, -0.2) is 27.4 Å². The van der Waals surface area contributed by atoms with E-state index in [1.165, 1.54) is 0 Å². The van der Waals surface area contributed by atoms with Crippen LogP contribution in [0.25, 0.3) is 11.4 Å². The Bertz CT molecular complexity index is 508. The van der Waals surface area contributed by atoms with Crippen LogP contribution in [0.2, 0.25) is 5.15 Å². The monoisotopic (exact) mass is 280 g/mol. The Labute approximate surface area is 115 Å². The van der Waals surface area contributed by atoms with Gasteiger partial charge >= 0.3 is 0 Å². The maximum atomic E-state index is 8.76. The average Bonchev–Trinajstić information content (AvgIpc) is 2.39. The number of aliphatic hydroxyl groups is 1. The molecular weight excluding hydrogens is 268 g/mol. The molecule has 18 heavy (non-hydrogen) atoms. The third-order valence-electron chi connectivity index (χ3n) is 2.26. The summed E-state index contributed by atoms with van der Waals surface area (Å²) in [4.78, 5) is 8.69. The van der Waals surface area contributed by atoms with Crippen molar-refractivity contribution in [3.8, 4) is 11.4 Å². The van der Waals surface area contributed by atoms with Crippen LogP contribution in [0.4, 0.5) is 0 Å². The summed E-state index contributed by atoms with van der Waals surface area (Å²) in [5, 5.41) is 10.0. The Morgan fingerprint density at radius 3 is 2.67 bits per heavy atom. The highest BCUT2D eigenvalue weighted by Crippen LogP contribution is 2.23. The summed E-state index contributed by atoms with van der Waals surface area (Å²) < 4.78 is 0. The fourth-order valence-corrected chi connectivity index (χ4v) is 2.51. The van der Waals surface area contributed by atoms with E-state index in [0.717, 1.165) is 22.8 Å². The van der Waals surface area contributed by atoms with E-state index in [4.69, 9.17) is 16.7 Å². The number of hydrogen-bond acceptors (Lipinski definition) is 4. The molecule has 0 saturated carbocycles. The van der Waals surface area contributed by atoms with Gasteiger partial charge < -0.3 is 5.11 Å². The normalized spacial score (nSPS) is 10.6. The average molecular weight is 281 g/mol. The van der Waals surface area contributed by atoms with E-state index < -0.39 is 0 Å². The van der Waals surface area contributed by atoms with Crippen molar-refractivity contribution in [3.05, 3.63) is 41.6 Å². The minimum atomic E-state index is 0.192. The van der Waals surface area contributed by atoms with E-state index in [1.807, 2.05) is 30.3 Å². The van der Waals surface area contributed by atoms with Crippen molar-refractivity contribution in [1.29, 1.82) is 0 Å². The molecule has 5 heteroatoms. The molecule has 0 radical (unpaired) electrons. The zero-order valence-corrected chi connectivity index (χ0v) is 11.3. The molecule has 0 spiro atoms. The molecule has 0 aliphatic heterocycles. The summed E-state index contributed by atoms with van der Waals surface area (Å²) in [6.45, 7) is 0.192. The zero-order chi connectivity index (χ0) is 12.8. The minimum absolute atomic E-state index is 0.192. The fraction of sp³-hybridized carbons (Fsp3) is 0.231. The predicted molar refractivity (Wildman–Crippen MR) is 74.9 cm³/mol.